The van der Waals surface area contributed by atoms with Crippen molar-refractivity contribution in [3.63, 3.8) is 0 Å². The largest absolute Gasteiger partial charge is 0.368 e. The van der Waals surface area contributed by atoms with Crippen molar-refractivity contribution >= 4 is 29.2 Å². The SMILES string of the molecule is NC(=O)CN(CC(N)=O)c1cc(Cl)nc(C2CC2)n1. The van der Waals surface area contributed by atoms with Crippen LogP contribution in [0.4, 0.5) is 5.82 Å². The van der Waals surface area contributed by atoms with Crippen molar-refractivity contribution in [2.75, 3.05) is 18.0 Å². The number of anilines is 1. The molecule has 0 spiro atoms. The second-order valence-electron chi connectivity index (χ2n) is 4.47. The number of carbonyl (C=O) groups excluding carboxylic acids is 2. The quantitative estimate of drug-likeness (QED) is 0.701. The number of hydrogen-bond acceptors (Lipinski definition) is 5. The maximum absolute atomic E-state index is 11.0. The summed E-state index contributed by atoms with van der Waals surface area (Å²) < 4.78 is 0. The first-order valence-corrected chi connectivity index (χ1v) is 6.19. The van der Waals surface area contributed by atoms with Gasteiger partial charge in [-0.1, -0.05) is 11.6 Å². The van der Waals surface area contributed by atoms with Crippen molar-refractivity contribution in [2.24, 2.45) is 11.5 Å². The van der Waals surface area contributed by atoms with Gasteiger partial charge in [0.1, 0.15) is 16.8 Å². The summed E-state index contributed by atoms with van der Waals surface area (Å²) in [7, 11) is 0. The molecule has 8 heteroatoms. The summed E-state index contributed by atoms with van der Waals surface area (Å²) in [5, 5.41) is 0.269. The summed E-state index contributed by atoms with van der Waals surface area (Å²) in [6, 6.07) is 1.49. The normalized spacial score (nSPS) is 14.2. The summed E-state index contributed by atoms with van der Waals surface area (Å²) in [4.78, 5) is 31.9. The Morgan fingerprint density at radius 1 is 1.26 bits per heavy atom. The number of hydrogen-bond donors (Lipinski definition) is 2. The summed E-state index contributed by atoms with van der Waals surface area (Å²) in [5.74, 6) is 0.162. The van der Waals surface area contributed by atoms with E-state index in [2.05, 4.69) is 9.97 Å². The fraction of sp³-hybridized carbons (Fsp3) is 0.455. The zero-order valence-electron chi connectivity index (χ0n) is 10.2. The van der Waals surface area contributed by atoms with Gasteiger partial charge < -0.3 is 16.4 Å². The molecule has 4 N–H and O–H groups in total. The molecule has 0 saturated heterocycles. The third kappa shape index (κ3) is 3.78. The molecule has 2 amide bonds. The molecule has 19 heavy (non-hydrogen) atoms. The van der Waals surface area contributed by atoms with E-state index >= 15 is 0 Å². The Bertz CT molecular complexity index is 502. The number of rotatable bonds is 6. The van der Waals surface area contributed by atoms with E-state index in [1.165, 1.54) is 11.0 Å². The molecule has 0 aromatic carbocycles. The molecule has 1 aliphatic carbocycles. The third-order valence-corrected chi connectivity index (χ3v) is 2.85. The van der Waals surface area contributed by atoms with Gasteiger partial charge in [0.25, 0.3) is 0 Å². The third-order valence-electron chi connectivity index (χ3n) is 2.66. The first kappa shape index (κ1) is 13.5. The van der Waals surface area contributed by atoms with Gasteiger partial charge in [-0.3, -0.25) is 9.59 Å². The number of primary amides is 2. The van der Waals surface area contributed by atoms with Crippen LogP contribution in [0.15, 0.2) is 6.07 Å². The Labute approximate surface area is 114 Å². The average Bonchev–Trinajstić information content (AvgIpc) is 3.09. The van der Waals surface area contributed by atoms with E-state index in [0.717, 1.165) is 12.8 Å². The van der Waals surface area contributed by atoms with E-state index in [1.54, 1.807) is 0 Å². The lowest BCUT2D eigenvalue weighted by Gasteiger charge is -2.21. The first-order valence-electron chi connectivity index (χ1n) is 5.81. The van der Waals surface area contributed by atoms with Gasteiger partial charge in [0.2, 0.25) is 11.8 Å². The van der Waals surface area contributed by atoms with Crippen molar-refractivity contribution in [2.45, 2.75) is 18.8 Å². The maximum Gasteiger partial charge on any atom is 0.237 e. The number of nitrogens with zero attached hydrogens (tertiary/aromatic N) is 3. The highest BCUT2D eigenvalue weighted by atomic mass is 35.5. The van der Waals surface area contributed by atoms with Crippen LogP contribution >= 0.6 is 11.6 Å². The molecular weight excluding hydrogens is 270 g/mol. The van der Waals surface area contributed by atoms with Crippen LogP contribution < -0.4 is 16.4 Å². The lowest BCUT2D eigenvalue weighted by molar-refractivity contribution is -0.117. The molecule has 1 fully saturated rings. The molecule has 102 valence electrons. The van der Waals surface area contributed by atoms with Gasteiger partial charge in [0.15, 0.2) is 0 Å². The molecule has 2 rings (SSSR count). The van der Waals surface area contributed by atoms with Crippen LogP contribution in [0.25, 0.3) is 0 Å². The Kier molecular flexibility index (Phi) is 3.84. The Hall–Kier alpha value is -1.89. The van der Waals surface area contributed by atoms with E-state index in [4.69, 9.17) is 23.1 Å². The summed E-state index contributed by atoms with van der Waals surface area (Å²) in [6.45, 7) is -0.305. The zero-order valence-corrected chi connectivity index (χ0v) is 10.9. The lowest BCUT2D eigenvalue weighted by Crippen LogP contribution is -2.40. The van der Waals surface area contributed by atoms with Gasteiger partial charge in [0, 0.05) is 12.0 Å². The highest BCUT2D eigenvalue weighted by molar-refractivity contribution is 6.29. The number of nitrogens with two attached hydrogens (primary N) is 2. The highest BCUT2D eigenvalue weighted by Gasteiger charge is 2.28. The van der Waals surface area contributed by atoms with Gasteiger partial charge in [-0.15, -0.1) is 0 Å². The average molecular weight is 284 g/mol. The Morgan fingerprint density at radius 3 is 2.32 bits per heavy atom. The van der Waals surface area contributed by atoms with Crippen LogP contribution in [0.5, 0.6) is 0 Å². The number of halogens is 1. The van der Waals surface area contributed by atoms with E-state index < -0.39 is 11.8 Å². The molecule has 7 nitrogen and oxygen atoms in total. The number of amides is 2. The minimum Gasteiger partial charge on any atom is -0.368 e. The predicted molar refractivity (Wildman–Crippen MR) is 69.6 cm³/mol. The van der Waals surface area contributed by atoms with Gasteiger partial charge in [-0.05, 0) is 12.8 Å². The molecule has 0 aliphatic heterocycles. The molecule has 0 atom stereocenters. The molecule has 1 heterocycles. The molecule has 1 saturated carbocycles. The van der Waals surface area contributed by atoms with Gasteiger partial charge >= 0.3 is 0 Å². The Morgan fingerprint density at radius 2 is 1.84 bits per heavy atom. The van der Waals surface area contributed by atoms with Gasteiger partial charge in [-0.2, -0.15) is 0 Å². The van der Waals surface area contributed by atoms with Crippen molar-refractivity contribution in [1.29, 1.82) is 0 Å². The number of carbonyl (C=O) groups is 2. The van der Waals surface area contributed by atoms with Crippen LogP contribution in [0.2, 0.25) is 5.15 Å². The number of aromatic nitrogens is 2. The topological polar surface area (TPSA) is 115 Å². The van der Waals surface area contributed by atoms with Crippen molar-refractivity contribution in [1.82, 2.24) is 9.97 Å². The molecule has 1 aromatic rings. The van der Waals surface area contributed by atoms with E-state index in [-0.39, 0.29) is 18.2 Å². The monoisotopic (exact) mass is 283 g/mol. The second kappa shape index (κ2) is 5.40. The van der Waals surface area contributed by atoms with Crippen LogP contribution in [-0.4, -0.2) is 34.9 Å². The first-order chi connectivity index (χ1) is 8.95. The van der Waals surface area contributed by atoms with Crippen LogP contribution in [0.1, 0.15) is 24.6 Å². The zero-order chi connectivity index (χ0) is 14.0. The second-order valence-corrected chi connectivity index (χ2v) is 4.86. The van der Waals surface area contributed by atoms with Gasteiger partial charge in [0.05, 0.1) is 13.1 Å². The van der Waals surface area contributed by atoms with Crippen LogP contribution in [0.3, 0.4) is 0 Å². The molecule has 0 unspecified atom stereocenters. The van der Waals surface area contributed by atoms with Crippen molar-refractivity contribution < 1.29 is 9.59 Å². The summed E-state index contributed by atoms with van der Waals surface area (Å²) in [5.41, 5.74) is 10.3. The van der Waals surface area contributed by atoms with Crippen LogP contribution in [0, 0.1) is 0 Å². The predicted octanol–water partition coefficient (Wildman–Crippen LogP) is -0.216. The smallest absolute Gasteiger partial charge is 0.237 e. The van der Waals surface area contributed by atoms with E-state index in [0.29, 0.717) is 17.6 Å². The fourth-order valence-corrected chi connectivity index (χ4v) is 1.89. The minimum atomic E-state index is -0.580. The van der Waals surface area contributed by atoms with Crippen LogP contribution in [-0.2, 0) is 9.59 Å². The molecular formula is C11H14ClN5O2. The van der Waals surface area contributed by atoms with E-state index in [9.17, 15) is 9.59 Å². The van der Waals surface area contributed by atoms with Crippen molar-refractivity contribution in [3.8, 4) is 0 Å². The standard InChI is InChI=1S/C11H14ClN5O2/c12-7-3-10(16-11(15-7)6-1-2-6)17(4-8(13)18)5-9(14)19/h3,6H,1-2,4-5H2,(H2,13,18)(H2,14,19). The molecule has 0 bridgehead atoms. The van der Waals surface area contributed by atoms with Gasteiger partial charge in [-0.25, -0.2) is 9.97 Å². The molecule has 0 radical (unpaired) electrons. The van der Waals surface area contributed by atoms with Crippen molar-refractivity contribution in [3.05, 3.63) is 17.0 Å². The van der Waals surface area contributed by atoms with E-state index in [1.807, 2.05) is 0 Å². The fourth-order valence-electron chi connectivity index (χ4n) is 1.70. The summed E-state index contributed by atoms with van der Waals surface area (Å²) in [6.07, 6.45) is 2.04. The maximum atomic E-state index is 11.0. The minimum absolute atomic E-state index is 0.152. The summed E-state index contributed by atoms with van der Waals surface area (Å²) >= 11 is 5.93. The lowest BCUT2D eigenvalue weighted by atomic mass is 10.3. The highest BCUT2D eigenvalue weighted by Crippen LogP contribution is 2.39. The Balaban J connectivity index is 2.28. The molecule has 1 aliphatic rings. The molecule has 1 aromatic heterocycles.